The van der Waals surface area contributed by atoms with Crippen LogP contribution in [0.15, 0.2) is 41.8 Å². The average molecular weight is 190 g/mol. The summed E-state index contributed by atoms with van der Waals surface area (Å²) in [4.78, 5) is 1.39. The van der Waals surface area contributed by atoms with Gasteiger partial charge in [-0.1, -0.05) is 35.5 Å². The van der Waals surface area contributed by atoms with Crippen LogP contribution in [-0.4, -0.2) is 10.2 Å². The molecule has 2 heteroatoms. The highest BCUT2D eigenvalue weighted by Gasteiger charge is 1.99. The zero-order chi connectivity index (χ0) is 8.39. The third-order valence-electron chi connectivity index (χ3n) is 1.93. The summed E-state index contributed by atoms with van der Waals surface area (Å²) in [6, 6.07) is 12.9. The molecule has 60 valence electrons. The fourth-order valence-corrected chi connectivity index (χ4v) is 2.91. The molecule has 0 atom stereocenters. The lowest BCUT2D eigenvalue weighted by atomic mass is 10.2. The van der Waals surface area contributed by atoms with Gasteiger partial charge in [-0.25, -0.2) is 0 Å². The Morgan fingerprint density at radius 1 is 1.00 bits per heavy atom. The molecule has 2 aromatic rings. The van der Waals surface area contributed by atoms with Gasteiger partial charge in [0.15, 0.2) is 0 Å². The predicted octanol–water partition coefficient (Wildman–Crippen LogP) is 1.41. The Kier molecular flexibility index (Phi) is 2.10. The largest absolute Gasteiger partial charge is 0.144 e. The van der Waals surface area contributed by atoms with Crippen LogP contribution in [0.3, 0.4) is 0 Å². The summed E-state index contributed by atoms with van der Waals surface area (Å²) in [5.41, 5.74) is 1.42. The molecule has 12 heavy (non-hydrogen) atoms. The highest BCUT2D eigenvalue weighted by Crippen LogP contribution is 2.21. The van der Waals surface area contributed by atoms with E-state index in [4.69, 9.17) is 0 Å². The fourth-order valence-electron chi connectivity index (χ4n) is 1.28. The van der Waals surface area contributed by atoms with Crippen molar-refractivity contribution >= 4 is 26.8 Å². The Morgan fingerprint density at radius 2 is 1.83 bits per heavy atom. The molecule has 0 unspecified atom stereocenters. The van der Waals surface area contributed by atoms with E-state index in [9.17, 15) is 0 Å². The molecule has 1 aromatic heterocycles. The Labute approximate surface area is 79.3 Å². The number of benzene rings is 1. The van der Waals surface area contributed by atoms with Crippen LogP contribution in [0.5, 0.6) is 0 Å². The maximum absolute atomic E-state index is 2.21. The van der Waals surface area contributed by atoms with E-state index in [-0.39, 0.29) is 0 Å². The SMILES string of the molecule is [SiH3]c1ccccc1-c1cccs1. The highest BCUT2D eigenvalue weighted by atomic mass is 32.1. The van der Waals surface area contributed by atoms with E-state index < -0.39 is 0 Å². The van der Waals surface area contributed by atoms with Gasteiger partial charge in [-0.2, -0.15) is 0 Å². The third kappa shape index (κ3) is 1.35. The Balaban J connectivity index is 2.55. The molecule has 0 radical (unpaired) electrons. The van der Waals surface area contributed by atoms with E-state index in [1.165, 1.54) is 15.6 Å². The van der Waals surface area contributed by atoms with E-state index in [1.54, 1.807) is 0 Å². The summed E-state index contributed by atoms with van der Waals surface area (Å²) >= 11 is 1.81. The molecule has 1 heterocycles. The second-order valence-corrected chi connectivity index (χ2v) is 4.82. The lowest BCUT2D eigenvalue weighted by Gasteiger charge is -2.00. The van der Waals surface area contributed by atoms with Crippen molar-refractivity contribution in [2.24, 2.45) is 0 Å². The zero-order valence-electron chi connectivity index (χ0n) is 6.95. The standard InChI is InChI=1S/C10H10SSi/c12-10-6-2-1-4-8(10)9-5-3-7-11-9/h1-7H,12H3. The molecule has 0 aliphatic rings. The third-order valence-corrected chi connectivity index (χ3v) is 3.71. The topological polar surface area (TPSA) is 0 Å². The second-order valence-electron chi connectivity index (χ2n) is 2.79. The molecule has 0 fully saturated rings. The van der Waals surface area contributed by atoms with Crippen LogP contribution >= 0.6 is 11.3 Å². The maximum Gasteiger partial charge on any atom is 0.0393 e. The molecular formula is C10H10SSi. The predicted molar refractivity (Wildman–Crippen MR) is 59.3 cm³/mol. The van der Waals surface area contributed by atoms with Crippen LogP contribution in [0.1, 0.15) is 0 Å². The van der Waals surface area contributed by atoms with E-state index >= 15 is 0 Å². The molecule has 0 bridgehead atoms. The van der Waals surface area contributed by atoms with Gasteiger partial charge in [0.1, 0.15) is 0 Å². The summed E-state index contributed by atoms with van der Waals surface area (Å²) in [5, 5.41) is 3.61. The smallest absolute Gasteiger partial charge is 0.0393 e. The first-order valence-electron chi connectivity index (χ1n) is 3.97. The number of rotatable bonds is 1. The molecule has 0 aliphatic heterocycles. The van der Waals surface area contributed by atoms with Crippen LogP contribution < -0.4 is 5.19 Å². The Hall–Kier alpha value is -0.863. The van der Waals surface area contributed by atoms with E-state index in [0.717, 1.165) is 10.2 Å². The number of hydrogen-bond donors (Lipinski definition) is 0. The van der Waals surface area contributed by atoms with Crippen LogP contribution in [-0.2, 0) is 0 Å². The molecule has 0 amide bonds. The van der Waals surface area contributed by atoms with Gasteiger partial charge in [0, 0.05) is 15.1 Å². The van der Waals surface area contributed by atoms with Gasteiger partial charge in [0.05, 0.1) is 0 Å². The van der Waals surface area contributed by atoms with Crippen molar-refractivity contribution in [3.8, 4) is 10.4 Å². The minimum Gasteiger partial charge on any atom is -0.144 e. The van der Waals surface area contributed by atoms with Gasteiger partial charge in [0.2, 0.25) is 0 Å². The molecule has 0 saturated heterocycles. The first-order chi connectivity index (χ1) is 5.88. The number of thiophene rings is 1. The van der Waals surface area contributed by atoms with Gasteiger partial charge in [0.25, 0.3) is 0 Å². The van der Waals surface area contributed by atoms with Crippen molar-refractivity contribution in [1.29, 1.82) is 0 Å². The van der Waals surface area contributed by atoms with Gasteiger partial charge < -0.3 is 0 Å². The zero-order valence-corrected chi connectivity index (χ0v) is 9.77. The lowest BCUT2D eigenvalue weighted by Crippen LogP contribution is -2.04. The van der Waals surface area contributed by atoms with E-state index in [2.05, 4.69) is 41.8 Å². The molecule has 0 saturated carbocycles. The summed E-state index contributed by atoms with van der Waals surface area (Å²) in [6.45, 7) is 0. The van der Waals surface area contributed by atoms with Crippen molar-refractivity contribution in [2.45, 2.75) is 0 Å². The van der Waals surface area contributed by atoms with E-state index in [0.29, 0.717) is 0 Å². The van der Waals surface area contributed by atoms with Crippen molar-refractivity contribution in [1.82, 2.24) is 0 Å². The van der Waals surface area contributed by atoms with Gasteiger partial charge >= 0.3 is 0 Å². The Bertz CT molecular complexity index is 365. The quantitative estimate of drug-likeness (QED) is 0.596. The van der Waals surface area contributed by atoms with E-state index in [1.807, 2.05) is 11.3 Å². The van der Waals surface area contributed by atoms with Gasteiger partial charge in [-0.05, 0) is 17.0 Å². The molecular weight excluding hydrogens is 180 g/mol. The van der Waals surface area contributed by atoms with Crippen LogP contribution in [0, 0.1) is 0 Å². The molecule has 2 rings (SSSR count). The van der Waals surface area contributed by atoms with Crippen molar-refractivity contribution in [3.63, 3.8) is 0 Å². The maximum atomic E-state index is 2.21. The summed E-state index contributed by atoms with van der Waals surface area (Å²) in [6.07, 6.45) is 0. The minimum atomic E-state index is 1.13. The Morgan fingerprint density at radius 3 is 2.50 bits per heavy atom. The monoisotopic (exact) mass is 190 g/mol. The van der Waals surface area contributed by atoms with Crippen LogP contribution in [0.2, 0.25) is 0 Å². The summed E-state index contributed by atoms with van der Waals surface area (Å²) in [7, 11) is 1.13. The molecule has 1 aromatic carbocycles. The molecule has 0 N–H and O–H groups in total. The first-order valence-corrected chi connectivity index (χ1v) is 5.85. The lowest BCUT2D eigenvalue weighted by molar-refractivity contribution is 1.75. The van der Waals surface area contributed by atoms with Crippen molar-refractivity contribution < 1.29 is 0 Å². The van der Waals surface area contributed by atoms with Gasteiger partial charge in [-0.3, -0.25) is 0 Å². The van der Waals surface area contributed by atoms with Crippen LogP contribution in [0.4, 0.5) is 0 Å². The molecule has 0 spiro atoms. The average Bonchev–Trinajstić information content (AvgIpc) is 2.57. The first kappa shape index (κ1) is 7.77. The fraction of sp³-hybridized carbons (Fsp3) is 0. The van der Waals surface area contributed by atoms with Crippen LogP contribution in [0.25, 0.3) is 10.4 Å². The normalized spacial score (nSPS) is 10.3. The summed E-state index contributed by atoms with van der Waals surface area (Å²) in [5.74, 6) is 0. The second kappa shape index (κ2) is 3.25. The number of hydrogen-bond acceptors (Lipinski definition) is 1. The summed E-state index contributed by atoms with van der Waals surface area (Å²) < 4.78 is 0. The molecule has 0 aliphatic carbocycles. The van der Waals surface area contributed by atoms with Crippen molar-refractivity contribution in [3.05, 3.63) is 41.8 Å². The minimum absolute atomic E-state index is 1.13. The molecule has 0 nitrogen and oxygen atoms in total. The highest BCUT2D eigenvalue weighted by molar-refractivity contribution is 7.13. The van der Waals surface area contributed by atoms with Gasteiger partial charge in [-0.15, -0.1) is 11.3 Å². The van der Waals surface area contributed by atoms with Crippen molar-refractivity contribution in [2.75, 3.05) is 0 Å².